The third-order valence-corrected chi connectivity index (χ3v) is 4.30. The van der Waals surface area contributed by atoms with Gasteiger partial charge in [0.05, 0.1) is 23.8 Å². The number of aromatic nitrogens is 2. The van der Waals surface area contributed by atoms with Gasteiger partial charge in [0.1, 0.15) is 11.6 Å². The van der Waals surface area contributed by atoms with Crippen LogP contribution in [0.4, 0.5) is 5.69 Å². The van der Waals surface area contributed by atoms with E-state index in [9.17, 15) is 4.79 Å². The standard InChI is InChI=1S/C18H17N3O2/c1-23-16-9-5-4-8-15(16)21-11-12(10-17(21)22)18-19-13-6-2-3-7-14(13)20-18/h2-9,12H,10-11H2,1H3,(H,19,20)/t12-/m0/s1. The van der Waals surface area contributed by atoms with Gasteiger partial charge in [0.15, 0.2) is 0 Å². The van der Waals surface area contributed by atoms with E-state index in [1.54, 1.807) is 12.0 Å². The zero-order valence-corrected chi connectivity index (χ0v) is 12.8. The van der Waals surface area contributed by atoms with E-state index in [2.05, 4.69) is 9.97 Å². The lowest BCUT2D eigenvalue weighted by Gasteiger charge is -2.19. The molecule has 2 aromatic carbocycles. The van der Waals surface area contributed by atoms with Gasteiger partial charge in [-0.2, -0.15) is 0 Å². The third kappa shape index (κ3) is 2.34. The fourth-order valence-corrected chi connectivity index (χ4v) is 3.14. The van der Waals surface area contributed by atoms with Crippen LogP contribution in [-0.4, -0.2) is 29.5 Å². The number of hydrogen-bond donors (Lipinski definition) is 1. The molecule has 5 nitrogen and oxygen atoms in total. The first-order valence-corrected chi connectivity index (χ1v) is 7.64. The molecule has 0 aliphatic carbocycles. The quantitative estimate of drug-likeness (QED) is 0.809. The molecule has 116 valence electrons. The Morgan fingerprint density at radius 1 is 1.17 bits per heavy atom. The third-order valence-electron chi connectivity index (χ3n) is 4.30. The molecule has 0 bridgehead atoms. The average molecular weight is 307 g/mol. The first kappa shape index (κ1) is 13.8. The summed E-state index contributed by atoms with van der Waals surface area (Å²) in [6, 6.07) is 15.5. The molecule has 1 amide bonds. The molecule has 1 aliphatic rings. The zero-order chi connectivity index (χ0) is 15.8. The summed E-state index contributed by atoms with van der Waals surface area (Å²) < 4.78 is 5.38. The van der Waals surface area contributed by atoms with Crippen molar-refractivity contribution in [2.24, 2.45) is 0 Å². The molecule has 1 saturated heterocycles. The molecule has 1 aromatic heterocycles. The van der Waals surface area contributed by atoms with Crippen LogP contribution in [0.15, 0.2) is 48.5 Å². The van der Waals surface area contributed by atoms with Crippen LogP contribution in [0.3, 0.4) is 0 Å². The van der Waals surface area contributed by atoms with Crippen molar-refractivity contribution in [3.8, 4) is 5.75 Å². The van der Waals surface area contributed by atoms with Gasteiger partial charge in [0, 0.05) is 18.9 Å². The molecule has 3 aromatic rings. The lowest BCUT2D eigenvalue weighted by molar-refractivity contribution is -0.117. The number of para-hydroxylation sites is 4. The highest BCUT2D eigenvalue weighted by Gasteiger charge is 2.34. The second kappa shape index (κ2) is 5.43. The van der Waals surface area contributed by atoms with E-state index in [4.69, 9.17) is 4.74 Å². The second-order valence-electron chi connectivity index (χ2n) is 5.72. The maximum atomic E-state index is 12.5. The fraction of sp³-hybridized carbons (Fsp3) is 0.222. The predicted octanol–water partition coefficient (Wildman–Crippen LogP) is 3.09. The number of methoxy groups -OCH3 is 1. The summed E-state index contributed by atoms with van der Waals surface area (Å²) in [4.78, 5) is 22.2. The van der Waals surface area contributed by atoms with Crippen LogP contribution in [0.25, 0.3) is 11.0 Å². The molecule has 1 N–H and O–H groups in total. The molecule has 5 heteroatoms. The van der Waals surface area contributed by atoms with Gasteiger partial charge in [0.25, 0.3) is 0 Å². The zero-order valence-electron chi connectivity index (χ0n) is 12.8. The molecule has 2 heterocycles. The molecule has 0 unspecified atom stereocenters. The van der Waals surface area contributed by atoms with Gasteiger partial charge in [-0.3, -0.25) is 4.79 Å². The number of fused-ring (bicyclic) bond motifs is 1. The maximum absolute atomic E-state index is 12.5. The highest BCUT2D eigenvalue weighted by Crippen LogP contribution is 2.35. The monoisotopic (exact) mass is 307 g/mol. The van der Waals surface area contributed by atoms with Crippen LogP contribution >= 0.6 is 0 Å². The van der Waals surface area contributed by atoms with Gasteiger partial charge < -0.3 is 14.6 Å². The average Bonchev–Trinajstić information content (AvgIpc) is 3.18. The van der Waals surface area contributed by atoms with Crippen LogP contribution < -0.4 is 9.64 Å². The topological polar surface area (TPSA) is 58.2 Å². The Labute approximate surface area is 133 Å². The van der Waals surface area contributed by atoms with Gasteiger partial charge >= 0.3 is 0 Å². The van der Waals surface area contributed by atoms with Crippen molar-refractivity contribution in [1.29, 1.82) is 0 Å². The summed E-state index contributed by atoms with van der Waals surface area (Å²) >= 11 is 0. The lowest BCUT2D eigenvalue weighted by Crippen LogP contribution is -2.24. The minimum atomic E-state index is 0.0693. The second-order valence-corrected chi connectivity index (χ2v) is 5.72. The molecule has 1 fully saturated rings. The van der Waals surface area contributed by atoms with Crippen LogP contribution in [-0.2, 0) is 4.79 Å². The van der Waals surface area contributed by atoms with Crippen molar-refractivity contribution in [3.05, 3.63) is 54.4 Å². The number of anilines is 1. The predicted molar refractivity (Wildman–Crippen MR) is 88.8 cm³/mol. The van der Waals surface area contributed by atoms with Crippen LogP contribution in [0.5, 0.6) is 5.75 Å². The Morgan fingerprint density at radius 3 is 2.78 bits per heavy atom. The number of nitrogens with one attached hydrogen (secondary N) is 1. The summed E-state index contributed by atoms with van der Waals surface area (Å²) in [5.74, 6) is 1.75. The molecule has 23 heavy (non-hydrogen) atoms. The van der Waals surface area contributed by atoms with Crippen molar-refractivity contribution >= 4 is 22.6 Å². The van der Waals surface area contributed by atoms with Crippen molar-refractivity contribution in [2.75, 3.05) is 18.6 Å². The van der Waals surface area contributed by atoms with E-state index in [1.807, 2.05) is 48.5 Å². The van der Waals surface area contributed by atoms with Gasteiger partial charge in [0.2, 0.25) is 5.91 Å². The number of H-pyrrole nitrogens is 1. The number of amides is 1. The van der Waals surface area contributed by atoms with Gasteiger partial charge in [-0.15, -0.1) is 0 Å². The molecular weight excluding hydrogens is 290 g/mol. The Kier molecular flexibility index (Phi) is 3.26. The Morgan fingerprint density at radius 2 is 1.96 bits per heavy atom. The van der Waals surface area contributed by atoms with Crippen LogP contribution in [0, 0.1) is 0 Å². The number of hydrogen-bond acceptors (Lipinski definition) is 3. The minimum absolute atomic E-state index is 0.0693. The number of aromatic amines is 1. The molecular formula is C18H17N3O2. The van der Waals surface area contributed by atoms with Gasteiger partial charge in [-0.25, -0.2) is 4.98 Å². The number of carbonyl (C=O) groups excluding carboxylic acids is 1. The van der Waals surface area contributed by atoms with Crippen molar-refractivity contribution in [1.82, 2.24) is 9.97 Å². The summed E-state index contributed by atoms with van der Waals surface area (Å²) in [5, 5.41) is 0. The fourth-order valence-electron chi connectivity index (χ4n) is 3.14. The first-order valence-electron chi connectivity index (χ1n) is 7.64. The number of nitrogens with zero attached hydrogens (tertiary/aromatic N) is 2. The number of rotatable bonds is 3. The number of benzene rings is 2. The van der Waals surface area contributed by atoms with Gasteiger partial charge in [-0.1, -0.05) is 24.3 Å². The van der Waals surface area contributed by atoms with Crippen molar-refractivity contribution in [2.45, 2.75) is 12.3 Å². The van der Waals surface area contributed by atoms with E-state index in [0.29, 0.717) is 18.7 Å². The Balaban J connectivity index is 1.65. The highest BCUT2D eigenvalue weighted by atomic mass is 16.5. The molecule has 0 radical (unpaired) electrons. The Bertz CT molecular complexity index is 838. The highest BCUT2D eigenvalue weighted by molar-refractivity contribution is 5.97. The minimum Gasteiger partial charge on any atom is -0.495 e. The summed E-state index contributed by atoms with van der Waals surface area (Å²) in [7, 11) is 1.62. The van der Waals surface area contributed by atoms with Crippen LogP contribution in [0.2, 0.25) is 0 Å². The normalized spacial score (nSPS) is 17.9. The van der Waals surface area contributed by atoms with E-state index in [1.165, 1.54) is 0 Å². The lowest BCUT2D eigenvalue weighted by atomic mass is 10.1. The van der Waals surface area contributed by atoms with Crippen LogP contribution in [0.1, 0.15) is 18.2 Å². The Hall–Kier alpha value is -2.82. The maximum Gasteiger partial charge on any atom is 0.227 e. The number of imidazole rings is 1. The largest absolute Gasteiger partial charge is 0.495 e. The molecule has 0 spiro atoms. The summed E-state index contributed by atoms with van der Waals surface area (Å²) in [5.41, 5.74) is 2.76. The van der Waals surface area contributed by atoms with E-state index in [0.717, 1.165) is 22.5 Å². The summed E-state index contributed by atoms with van der Waals surface area (Å²) in [6.45, 7) is 0.610. The van der Waals surface area contributed by atoms with Crippen molar-refractivity contribution in [3.63, 3.8) is 0 Å². The molecule has 0 saturated carbocycles. The SMILES string of the molecule is COc1ccccc1N1C[C@@H](c2nc3ccccc3[nH]2)CC1=O. The van der Waals surface area contributed by atoms with E-state index in [-0.39, 0.29) is 11.8 Å². The number of ether oxygens (including phenoxy) is 1. The molecule has 1 aliphatic heterocycles. The van der Waals surface area contributed by atoms with Gasteiger partial charge in [-0.05, 0) is 24.3 Å². The van der Waals surface area contributed by atoms with Crippen molar-refractivity contribution < 1.29 is 9.53 Å². The molecule has 4 rings (SSSR count). The smallest absolute Gasteiger partial charge is 0.227 e. The summed E-state index contributed by atoms with van der Waals surface area (Å²) in [6.07, 6.45) is 0.456. The van der Waals surface area contributed by atoms with E-state index >= 15 is 0 Å². The van der Waals surface area contributed by atoms with E-state index < -0.39 is 0 Å². The first-order chi connectivity index (χ1) is 11.3. The molecule has 1 atom stereocenters. The number of carbonyl (C=O) groups is 1.